The molecule has 0 saturated carbocycles. The average molecular weight is 322 g/mol. The number of ether oxygens (including phenoxy) is 2. The van der Waals surface area contributed by atoms with Crippen LogP contribution in [0.5, 0.6) is 11.5 Å². The number of para-hydroxylation sites is 1. The number of rotatable bonds is 4. The highest BCUT2D eigenvalue weighted by Crippen LogP contribution is 2.31. The minimum Gasteiger partial charge on any atom is -0.493 e. The van der Waals surface area contributed by atoms with Gasteiger partial charge in [0.2, 0.25) is 0 Å². The van der Waals surface area contributed by atoms with Gasteiger partial charge in [0.1, 0.15) is 0 Å². The largest absolute Gasteiger partial charge is 0.493 e. The van der Waals surface area contributed by atoms with Gasteiger partial charge in [0.25, 0.3) is 5.91 Å². The maximum absolute atomic E-state index is 12.7. The van der Waals surface area contributed by atoms with Gasteiger partial charge in [-0.15, -0.1) is 0 Å². The van der Waals surface area contributed by atoms with E-state index in [0.717, 1.165) is 12.1 Å². The van der Waals surface area contributed by atoms with Crippen molar-refractivity contribution in [2.75, 3.05) is 18.6 Å². The highest BCUT2D eigenvalue weighted by molar-refractivity contribution is 5.98. The predicted octanol–water partition coefficient (Wildman–Crippen LogP) is 2.92. The third-order valence-corrected chi connectivity index (χ3v) is 4.10. The standard InChI is InChI=1S/C19H18N2O3/c1-13(24-17-8-7-14(12-20)11-18(17)23-2)19(22)21-10-9-15-5-3-4-6-16(15)21/h3-8,11,13H,9-10H2,1-2H3/t13-/m1/s1. The van der Waals surface area contributed by atoms with Crippen LogP contribution in [0.3, 0.4) is 0 Å². The number of amides is 1. The Morgan fingerprint density at radius 3 is 2.79 bits per heavy atom. The molecule has 1 heterocycles. The number of carbonyl (C=O) groups excluding carboxylic acids is 1. The first-order valence-corrected chi connectivity index (χ1v) is 7.78. The first kappa shape index (κ1) is 15.9. The van der Waals surface area contributed by atoms with E-state index in [9.17, 15) is 4.79 Å². The molecule has 1 aliphatic heterocycles. The fourth-order valence-electron chi connectivity index (χ4n) is 2.86. The van der Waals surface area contributed by atoms with E-state index in [1.807, 2.05) is 24.3 Å². The Morgan fingerprint density at radius 1 is 1.25 bits per heavy atom. The third kappa shape index (κ3) is 2.91. The number of nitrogens with zero attached hydrogens (tertiary/aromatic N) is 2. The zero-order valence-electron chi connectivity index (χ0n) is 13.7. The molecule has 0 saturated heterocycles. The number of hydrogen-bond acceptors (Lipinski definition) is 4. The molecule has 0 aromatic heterocycles. The lowest BCUT2D eigenvalue weighted by molar-refractivity contribution is -0.124. The van der Waals surface area contributed by atoms with E-state index in [1.165, 1.54) is 12.7 Å². The van der Waals surface area contributed by atoms with E-state index >= 15 is 0 Å². The van der Waals surface area contributed by atoms with Crippen molar-refractivity contribution in [1.82, 2.24) is 0 Å². The van der Waals surface area contributed by atoms with Crippen molar-refractivity contribution >= 4 is 11.6 Å². The van der Waals surface area contributed by atoms with Crippen LogP contribution < -0.4 is 14.4 Å². The summed E-state index contributed by atoms with van der Waals surface area (Å²) in [4.78, 5) is 14.5. The molecule has 0 fully saturated rings. The van der Waals surface area contributed by atoms with Crippen LogP contribution in [0.15, 0.2) is 42.5 Å². The molecule has 0 N–H and O–H groups in total. The van der Waals surface area contributed by atoms with Gasteiger partial charge in [-0.25, -0.2) is 0 Å². The Labute approximate surface area is 141 Å². The molecule has 24 heavy (non-hydrogen) atoms. The topological polar surface area (TPSA) is 62.6 Å². The molecule has 1 aliphatic rings. The molecule has 0 radical (unpaired) electrons. The van der Waals surface area contributed by atoms with E-state index in [-0.39, 0.29) is 5.91 Å². The van der Waals surface area contributed by atoms with Crippen LogP contribution in [0.2, 0.25) is 0 Å². The van der Waals surface area contributed by atoms with Gasteiger partial charge in [0.15, 0.2) is 17.6 Å². The maximum atomic E-state index is 12.7. The van der Waals surface area contributed by atoms with Crippen molar-refractivity contribution in [2.24, 2.45) is 0 Å². The van der Waals surface area contributed by atoms with Crippen LogP contribution in [-0.2, 0) is 11.2 Å². The quantitative estimate of drug-likeness (QED) is 0.868. The maximum Gasteiger partial charge on any atom is 0.267 e. The second-order valence-corrected chi connectivity index (χ2v) is 5.61. The lowest BCUT2D eigenvalue weighted by Gasteiger charge is -2.23. The third-order valence-electron chi connectivity index (χ3n) is 4.10. The smallest absolute Gasteiger partial charge is 0.267 e. The first-order valence-electron chi connectivity index (χ1n) is 7.78. The van der Waals surface area contributed by atoms with Gasteiger partial charge >= 0.3 is 0 Å². The van der Waals surface area contributed by atoms with Gasteiger partial charge in [-0.2, -0.15) is 5.26 Å². The molecule has 0 bridgehead atoms. The second-order valence-electron chi connectivity index (χ2n) is 5.61. The fourth-order valence-corrected chi connectivity index (χ4v) is 2.86. The normalized spacial score (nSPS) is 13.8. The number of fused-ring (bicyclic) bond motifs is 1. The minimum atomic E-state index is -0.655. The number of methoxy groups -OCH3 is 1. The Morgan fingerprint density at radius 2 is 2.04 bits per heavy atom. The lowest BCUT2D eigenvalue weighted by Crippen LogP contribution is -2.39. The number of benzene rings is 2. The summed E-state index contributed by atoms with van der Waals surface area (Å²) in [5, 5.41) is 8.95. The number of nitriles is 1. The summed E-state index contributed by atoms with van der Waals surface area (Å²) in [7, 11) is 1.51. The van der Waals surface area contributed by atoms with E-state index in [2.05, 4.69) is 6.07 Å². The van der Waals surface area contributed by atoms with Crippen LogP contribution in [0.25, 0.3) is 0 Å². The number of carbonyl (C=O) groups is 1. The number of hydrogen-bond donors (Lipinski definition) is 0. The van der Waals surface area contributed by atoms with Gasteiger partial charge in [-0.05, 0) is 37.1 Å². The fraction of sp³-hybridized carbons (Fsp3) is 0.263. The molecule has 0 spiro atoms. The summed E-state index contributed by atoms with van der Waals surface area (Å²) < 4.78 is 11.0. The van der Waals surface area contributed by atoms with Gasteiger partial charge in [0, 0.05) is 18.3 Å². The number of anilines is 1. The molecule has 0 aliphatic carbocycles. The highest BCUT2D eigenvalue weighted by atomic mass is 16.5. The monoisotopic (exact) mass is 322 g/mol. The lowest BCUT2D eigenvalue weighted by atomic mass is 10.2. The summed E-state index contributed by atoms with van der Waals surface area (Å²) >= 11 is 0. The molecule has 1 atom stereocenters. The molecule has 5 heteroatoms. The summed E-state index contributed by atoms with van der Waals surface area (Å²) in [6.07, 6.45) is 0.201. The van der Waals surface area contributed by atoms with Gasteiger partial charge in [0.05, 0.1) is 18.7 Å². The SMILES string of the molecule is COc1cc(C#N)ccc1O[C@H](C)C(=O)N1CCc2ccccc21. The minimum absolute atomic E-state index is 0.0913. The molecule has 5 nitrogen and oxygen atoms in total. The predicted molar refractivity (Wildman–Crippen MR) is 90.3 cm³/mol. The molecule has 3 rings (SSSR count). The zero-order valence-corrected chi connectivity index (χ0v) is 13.7. The van der Waals surface area contributed by atoms with Crippen LogP contribution in [0.4, 0.5) is 5.69 Å². The van der Waals surface area contributed by atoms with Crippen molar-refractivity contribution < 1.29 is 14.3 Å². The highest BCUT2D eigenvalue weighted by Gasteiger charge is 2.29. The van der Waals surface area contributed by atoms with E-state index in [4.69, 9.17) is 14.7 Å². The molecular weight excluding hydrogens is 304 g/mol. The summed E-state index contributed by atoms with van der Waals surface area (Å²) in [5.74, 6) is 0.798. The first-order chi connectivity index (χ1) is 11.6. The second kappa shape index (κ2) is 6.63. The van der Waals surface area contributed by atoms with Crippen molar-refractivity contribution in [3.8, 4) is 17.6 Å². The summed E-state index contributed by atoms with van der Waals surface area (Å²) in [6.45, 7) is 2.39. The molecule has 2 aromatic rings. The van der Waals surface area contributed by atoms with Crippen LogP contribution in [0, 0.1) is 11.3 Å². The van der Waals surface area contributed by atoms with Crippen LogP contribution in [-0.4, -0.2) is 25.7 Å². The van der Waals surface area contributed by atoms with Gasteiger partial charge in [-0.3, -0.25) is 4.79 Å². The Kier molecular flexibility index (Phi) is 4.39. The summed E-state index contributed by atoms with van der Waals surface area (Å²) in [5.41, 5.74) is 2.60. The summed E-state index contributed by atoms with van der Waals surface area (Å²) in [6, 6.07) is 14.8. The Bertz CT molecular complexity index is 810. The van der Waals surface area contributed by atoms with Crippen molar-refractivity contribution in [2.45, 2.75) is 19.4 Å². The molecule has 1 amide bonds. The Balaban J connectivity index is 1.77. The Hall–Kier alpha value is -3.00. The molecular formula is C19H18N2O3. The van der Waals surface area contributed by atoms with E-state index < -0.39 is 6.10 Å². The van der Waals surface area contributed by atoms with Crippen LogP contribution in [0.1, 0.15) is 18.1 Å². The van der Waals surface area contributed by atoms with E-state index in [1.54, 1.807) is 30.0 Å². The molecule has 122 valence electrons. The van der Waals surface area contributed by atoms with Crippen molar-refractivity contribution in [1.29, 1.82) is 5.26 Å². The van der Waals surface area contributed by atoms with Crippen molar-refractivity contribution in [3.63, 3.8) is 0 Å². The van der Waals surface area contributed by atoms with Gasteiger partial charge in [-0.1, -0.05) is 18.2 Å². The molecule has 0 unspecified atom stereocenters. The van der Waals surface area contributed by atoms with Crippen molar-refractivity contribution in [3.05, 3.63) is 53.6 Å². The zero-order chi connectivity index (χ0) is 17.1. The van der Waals surface area contributed by atoms with Crippen LogP contribution >= 0.6 is 0 Å². The molecule has 2 aromatic carbocycles. The van der Waals surface area contributed by atoms with E-state index in [0.29, 0.717) is 23.6 Å². The van der Waals surface area contributed by atoms with Gasteiger partial charge < -0.3 is 14.4 Å². The average Bonchev–Trinajstić information content (AvgIpc) is 3.05.